The van der Waals surface area contributed by atoms with Crippen molar-refractivity contribution in [2.45, 2.75) is 406 Å². The van der Waals surface area contributed by atoms with E-state index in [2.05, 4.69) is 34.6 Å². The van der Waals surface area contributed by atoms with E-state index in [0.717, 1.165) is 102 Å². The molecule has 0 aromatic rings. The van der Waals surface area contributed by atoms with E-state index in [4.69, 9.17) is 37.0 Å². The van der Waals surface area contributed by atoms with Gasteiger partial charge in [-0.2, -0.15) is 0 Å². The summed E-state index contributed by atoms with van der Waals surface area (Å²) in [5, 5.41) is 10.6. The molecule has 6 atom stereocenters. The average molecular weight is 1370 g/mol. The number of phosphoric ester groups is 2. The highest BCUT2D eigenvalue weighted by atomic mass is 31.2. The first-order valence-electron chi connectivity index (χ1n) is 38.7. The van der Waals surface area contributed by atoms with E-state index in [1.165, 1.54) is 205 Å². The van der Waals surface area contributed by atoms with Gasteiger partial charge in [-0.1, -0.05) is 336 Å². The number of unbranched alkanes of at least 4 members (excludes halogenated alkanes) is 45. The maximum atomic E-state index is 13.1. The third-order valence-electron chi connectivity index (χ3n) is 17.6. The van der Waals surface area contributed by atoms with Crippen molar-refractivity contribution >= 4 is 39.5 Å². The van der Waals surface area contributed by atoms with Gasteiger partial charge in [-0.15, -0.1) is 0 Å². The monoisotopic (exact) mass is 1370 g/mol. The van der Waals surface area contributed by atoms with Gasteiger partial charge in [0, 0.05) is 25.7 Å². The first-order valence-corrected chi connectivity index (χ1v) is 41.7. The lowest BCUT2D eigenvalue weighted by molar-refractivity contribution is -0.161. The Hall–Kier alpha value is -1.94. The number of phosphoric acid groups is 2. The minimum Gasteiger partial charge on any atom is -0.462 e. The van der Waals surface area contributed by atoms with Gasteiger partial charge in [0.15, 0.2) is 12.2 Å². The smallest absolute Gasteiger partial charge is 0.462 e. The van der Waals surface area contributed by atoms with Crippen LogP contribution < -0.4 is 0 Å². The van der Waals surface area contributed by atoms with Gasteiger partial charge in [-0.25, -0.2) is 9.13 Å². The lowest BCUT2D eigenvalue weighted by Crippen LogP contribution is -2.30. The van der Waals surface area contributed by atoms with Gasteiger partial charge < -0.3 is 33.8 Å². The summed E-state index contributed by atoms with van der Waals surface area (Å²) < 4.78 is 68.2. The number of rotatable bonds is 74. The molecule has 17 nitrogen and oxygen atoms in total. The van der Waals surface area contributed by atoms with Crippen LogP contribution in [0, 0.1) is 5.92 Å². The second kappa shape index (κ2) is 67.3. The fraction of sp³-hybridized carbons (Fsp3) is 0.946. The molecule has 0 amide bonds. The molecule has 552 valence electrons. The summed E-state index contributed by atoms with van der Waals surface area (Å²) in [6.07, 6.45) is 55.8. The molecular weight excluding hydrogens is 1220 g/mol. The normalized spacial score (nSPS) is 14.3. The maximum Gasteiger partial charge on any atom is 0.472 e. The summed E-state index contributed by atoms with van der Waals surface area (Å²) in [5.41, 5.74) is 0. The van der Waals surface area contributed by atoms with Crippen LogP contribution in [0.15, 0.2) is 0 Å². The van der Waals surface area contributed by atoms with E-state index in [-0.39, 0.29) is 25.7 Å². The van der Waals surface area contributed by atoms with Crippen molar-refractivity contribution in [1.29, 1.82) is 0 Å². The Labute approximate surface area is 568 Å². The highest BCUT2D eigenvalue weighted by Gasteiger charge is 2.30. The largest absolute Gasteiger partial charge is 0.472 e. The minimum absolute atomic E-state index is 0.107. The van der Waals surface area contributed by atoms with Gasteiger partial charge in [0.05, 0.1) is 26.4 Å². The zero-order chi connectivity index (χ0) is 68.4. The van der Waals surface area contributed by atoms with Gasteiger partial charge in [0.1, 0.15) is 19.3 Å². The van der Waals surface area contributed by atoms with Crippen molar-refractivity contribution in [2.75, 3.05) is 39.6 Å². The first-order chi connectivity index (χ1) is 45.1. The highest BCUT2D eigenvalue weighted by molar-refractivity contribution is 7.47. The SMILES string of the molecule is CCCCCCCCCCCCCCCCCCCCC(=O)OC[C@H](COP(=O)(O)OC[C@@H](O)COP(=O)(O)OC[C@@H](COC(=O)CCCCCCC)OC(=O)CCCCCCCCCCCCCC)OC(=O)CCCCCCCCCCCCCCCCC(C)CC. The molecule has 0 aliphatic heterocycles. The molecule has 0 aromatic heterocycles. The number of carbonyl (C=O) groups is 4. The van der Waals surface area contributed by atoms with Crippen molar-refractivity contribution in [2.24, 2.45) is 5.92 Å². The van der Waals surface area contributed by atoms with E-state index in [1.54, 1.807) is 0 Å². The second-order valence-electron chi connectivity index (χ2n) is 26.9. The van der Waals surface area contributed by atoms with Crippen molar-refractivity contribution in [3.05, 3.63) is 0 Å². The molecule has 0 bridgehead atoms. The maximum absolute atomic E-state index is 13.1. The second-order valence-corrected chi connectivity index (χ2v) is 29.8. The molecule has 0 aliphatic carbocycles. The molecule has 0 fully saturated rings. The Kier molecular flexibility index (Phi) is 65.9. The van der Waals surface area contributed by atoms with Crippen LogP contribution in [-0.2, 0) is 65.4 Å². The summed E-state index contributed by atoms with van der Waals surface area (Å²) in [6.45, 7) is 7.24. The molecule has 3 unspecified atom stereocenters. The van der Waals surface area contributed by atoms with E-state index < -0.39 is 97.5 Å². The topological polar surface area (TPSA) is 237 Å². The van der Waals surface area contributed by atoms with Crippen LogP contribution in [-0.4, -0.2) is 96.7 Å². The number of ether oxygens (including phenoxy) is 4. The van der Waals surface area contributed by atoms with Gasteiger partial charge in [0.25, 0.3) is 0 Å². The molecule has 19 heteroatoms. The van der Waals surface area contributed by atoms with Gasteiger partial charge in [-0.3, -0.25) is 37.3 Å². The van der Waals surface area contributed by atoms with E-state index in [1.807, 2.05) is 0 Å². The Morgan fingerprint density at radius 3 is 0.763 bits per heavy atom. The summed E-state index contributed by atoms with van der Waals surface area (Å²) in [7, 11) is -9.90. The zero-order valence-electron chi connectivity index (χ0n) is 60.4. The van der Waals surface area contributed by atoms with Crippen LogP contribution in [0.3, 0.4) is 0 Å². The van der Waals surface area contributed by atoms with Gasteiger partial charge in [0.2, 0.25) is 0 Å². The quantitative estimate of drug-likeness (QED) is 0.0222. The van der Waals surface area contributed by atoms with Gasteiger partial charge >= 0.3 is 39.5 Å². The third-order valence-corrected chi connectivity index (χ3v) is 19.5. The highest BCUT2D eigenvalue weighted by Crippen LogP contribution is 2.45. The van der Waals surface area contributed by atoms with Crippen LogP contribution in [0.25, 0.3) is 0 Å². The Morgan fingerprint density at radius 2 is 0.516 bits per heavy atom. The summed E-state index contributed by atoms with van der Waals surface area (Å²) in [4.78, 5) is 72.4. The Balaban J connectivity index is 5.14. The number of aliphatic hydroxyl groups is 1. The lowest BCUT2D eigenvalue weighted by atomic mass is 9.99. The lowest BCUT2D eigenvalue weighted by Gasteiger charge is -2.21. The van der Waals surface area contributed by atoms with E-state index >= 15 is 0 Å². The summed E-state index contributed by atoms with van der Waals surface area (Å²) in [5.74, 6) is -1.28. The predicted octanol–water partition coefficient (Wildman–Crippen LogP) is 21.7. The molecule has 0 radical (unpaired) electrons. The molecule has 0 saturated heterocycles. The first kappa shape index (κ1) is 91.1. The van der Waals surface area contributed by atoms with Gasteiger partial charge in [-0.05, 0) is 31.6 Å². The number of aliphatic hydroxyl groups excluding tert-OH is 1. The molecule has 0 saturated carbocycles. The zero-order valence-corrected chi connectivity index (χ0v) is 62.2. The average Bonchev–Trinajstić information content (AvgIpc) is 3.21. The van der Waals surface area contributed by atoms with Crippen LogP contribution in [0.2, 0.25) is 0 Å². The summed E-state index contributed by atoms with van der Waals surface area (Å²) in [6, 6.07) is 0. The number of carbonyl (C=O) groups excluding carboxylic acids is 4. The van der Waals surface area contributed by atoms with Crippen LogP contribution >= 0.6 is 15.6 Å². The molecule has 0 rings (SSSR count). The molecule has 0 aliphatic rings. The van der Waals surface area contributed by atoms with Crippen LogP contribution in [0.1, 0.15) is 388 Å². The molecular formula is C74H144O17P2. The van der Waals surface area contributed by atoms with E-state index in [0.29, 0.717) is 25.7 Å². The summed E-state index contributed by atoms with van der Waals surface area (Å²) >= 11 is 0. The van der Waals surface area contributed by atoms with Crippen molar-refractivity contribution < 1.29 is 80.2 Å². The fourth-order valence-corrected chi connectivity index (χ4v) is 12.9. The number of hydrogen-bond donors (Lipinski definition) is 3. The molecule has 0 heterocycles. The number of hydrogen-bond acceptors (Lipinski definition) is 15. The van der Waals surface area contributed by atoms with Crippen LogP contribution in [0.5, 0.6) is 0 Å². The standard InChI is InChI=1S/C74H144O17P2/c1-6-10-13-16-18-20-22-24-25-26-27-28-32-36-39-43-48-53-58-72(77)85-64-70(91-74(79)60-55-50-45-41-37-33-30-29-31-34-38-42-47-51-56-67(5)9-4)66-89-93(82,83)87-62-68(75)61-86-92(80,81)88-65-69(63-84-71(76)57-52-46-15-12-8-3)90-73(78)59-54-49-44-40-35-23-21-19-17-14-11-7-2/h67-70,75H,6-66H2,1-5H3,(H,80,81)(H,82,83)/t67?,68-,69+,70+/m0/s1. The predicted molar refractivity (Wildman–Crippen MR) is 377 cm³/mol. The fourth-order valence-electron chi connectivity index (χ4n) is 11.3. The molecule has 0 aromatic carbocycles. The number of esters is 4. The molecule has 0 spiro atoms. The van der Waals surface area contributed by atoms with Crippen molar-refractivity contribution in [1.82, 2.24) is 0 Å². The van der Waals surface area contributed by atoms with Crippen molar-refractivity contribution in [3.63, 3.8) is 0 Å². The van der Waals surface area contributed by atoms with Crippen LogP contribution in [0.4, 0.5) is 0 Å². The Bertz CT molecular complexity index is 1790. The van der Waals surface area contributed by atoms with E-state index in [9.17, 15) is 43.2 Å². The molecule has 93 heavy (non-hydrogen) atoms. The Morgan fingerprint density at radius 1 is 0.301 bits per heavy atom. The van der Waals surface area contributed by atoms with Crippen molar-refractivity contribution in [3.8, 4) is 0 Å². The molecule has 3 N–H and O–H groups in total. The third kappa shape index (κ3) is 67.0. The minimum atomic E-state index is -4.95.